The van der Waals surface area contributed by atoms with Crippen molar-refractivity contribution in [2.75, 3.05) is 22.9 Å². The average Bonchev–Trinajstić information content (AvgIpc) is 3.21. The van der Waals surface area contributed by atoms with E-state index in [0.29, 0.717) is 30.9 Å². The third-order valence-electron chi connectivity index (χ3n) is 6.91. The highest BCUT2D eigenvalue weighted by Crippen LogP contribution is 2.32. The molecule has 33 heavy (non-hydrogen) atoms. The van der Waals surface area contributed by atoms with Gasteiger partial charge >= 0.3 is 0 Å². The normalized spacial score (nSPS) is 16.2. The number of benzene rings is 1. The minimum atomic E-state index is -0.787. The average molecular weight is 452 g/mol. The molecular weight excluding hydrogens is 414 g/mol. The summed E-state index contributed by atoms with van der Waals surface area (Å²) in [6.07, 6.45) is 7.98. The van der Waals surface area contributed by atoms with Crippen LogP contribution in [-0.4, -0.2) is 36.8 Å². The zero-order valence-corrected chi connectivity index (χ0v) is 20.2. The van der Waals surface area contributed by atoms with Crippen LogP contribution in [0.15, 0.2) is 24.5 Å². The zero-order chi connectivity index (χ0) is 23.6. The fourth-order valence-corrected chi connectivity index (χ4v) is 4.29. The Morgan fingerprint density at radius 1 is 1.18 bits per heavy atom. The van der Waals surface area contributed by atoms with E-state index in [1.54, 1.807) is 0 Å². The largest absolute Gasteiger partial charge is 0.398 e. The van der Waals surface area contributed by atoms with Gasteiger partial charge in [-0.25, -0.2) is 4.98 Å². The van der Waals surface area contributed by atoms with Crippen LogP contribution in [0.2, 0.25) is 0 Å². The minimum Gasteiger partial charge on any atom is -0.398 e. The van der Waals surface area contributed by atoms with Gasteiger partial charge in [-0.1, -0.05) is 38.3 Å². The zero-order valence-electron chi connectivity index (χ0n) is 20.2. The maximum absolute atomic E-state index is 10.3. The molecule has 2 heterocycles. The number of nitrogens with one attached hydrogen (secondary N) is 2. The van der Waals surface area contributed by atoms with E-state index in [1.807, 2.05) is 46.2 Å². The SMILES string of the molecule is Cc1ccc(CNc2nc(NCC(C)C(C)(C)O)nc3c2ncn3C2CCCCC2)c(N)c1. The number of hydrogen-bond donors (Lipinski definition) is 4. The fourth-order valence-electron chi connectivity index (χ4n) is 4.29. The summed E-state index contributed by atoms with van der Waals surface area (Å²) in [6.45, 7) is 8.80. The Morgan fingerprint density at radius 2 is 1.94 bits per heavy atom. The molecule has 0 bridgehead atoms. The number of nitrogens with two attached hydrogens (primary N) is 1. The highest BCUT2D eigenvalue weighted by Gasteiger charge is 2.24. The van der Waals surface area contributed by atoms with Crippen molar-refractivity contribution in [1.82, 2.24) is 19.5 Å². The summed E-state index contributed by atoms with van der Waals surface area (Å²) in [5.41, 5.74) is 9.97. The van der Waals surface area contributed by atoms with Crippen LogP contribution in [-0.2, 0) is 6.54 Å². The third kappa shape index (κ3) is 5.38. The van der Waals surface area contributed by atoms with Crippen molar-refractivity contribution in [3.8, 4) is 0 Å². The lowest BCUT2D eigenvalue weighted by molar-refractivity contribution is 0.0303. The molecule has 1 atom stereocenters. The number of fused-ring (bicyclic) bond motifs is 1. The highest BCUT2D eigenvalue weighted by molar-refractivity contribution is 5.84. The number of aryl methyl sites for hydroxylation is 1. The first kappa shape index (κ1) is 23.3. The minimum absolute atomic E-state index is 0.0313. The van der Waals surface area contributed by atoms with Crippen molar-refractivity contribution in [2.45, 2.75) is 78.0 Å². The van der Waals surface area contributed by atoms with Crippen LogP contribution in [0.3, 0.4) is 0 Å². The third-order valence-corrected chi connectivity index (χ3v) is 6.91. The summed E-state index contributed by atoms with van der Waals surface area (Å²) in [5.74, 6) is 1.26. The number of rotatable bonds is 8. The van der Waals surface area contributed by atoms with Gasteiger partial charge in [0.25, 0.3) is 0 Å². The Bertz CT molecular complexity index is 1100. The van der Waals surface area contributed by atoms with Crippen molar-refractivity contribution in [1.29, 1.82) is 0 Å². The molecule has 0 saturated heterocycles. The van der Waals surface area contributed by atoms with E-state index in [-0.39, 0.29) is 5.92 Å². The number of hydrogen-bond acceptors (Lipinski definition) is 7. The molecule has 0 radical (unpaired) electrons. The number of anilines is 3. The van der Waals surface area contributed by atoms with Gasteiger partial charge in [0.1, 0.15) is 0 Å². The lowest BCUT2D eigenvalue weighted by atomic mass is 9.93. The van der Waals surface area contributed by atoms with Crippen molar-refractivity contribution in [2.24, 2.45) is 5.92 Å². The van der Waals surface area contributed by atoms with Gasteiger partial charge in [-0.05, 0) is 50.8 Å². The topological polar surface area (TPSA) is 114 Å². The smallest absolute Gasteiger partial charge is 0.226 e. The Morgan fingerprint density at radius 3 is 2.64 bits per heavy atom. The molecule has 1 unspecified atom stereocenters. The Hall–Kier alpha value is -2.87. The Kier molecular flexibility index (Phi) is 6.74. The first-order valence-corrected chi connectivity index (χ1v) is 12.0. The lowest BCUT2D eigenvalue weighted by Gasteiger charge is -2.26. The van der Waals surface area contributed by atoms with Crippen LogP contribution in [0, 0.1) is 12.8 Å². The summed E-state index contributed by atoms with van der Waals surface area (Å²) in [6, 6.07) is 6.50. The van der Waals surface area contributed by atoms with Crippen molar-refractivity contribution >= 4 is 28.6 Å². The molecule has 3 aromatic rings. The van der Waals surface area contributed by atoms with Crippen molar-refractivity contribution in [3.05, 3.63) is 35.7 Å². The molecule has 0 amide bonds. The number of aliphatic hydroxyl groups is 1. The fraction of sp³-hybridized carbons (Fsp3) is 0.560. The molecule has 0 spiro atoms. The number of nitrogen functional groups attached to an aromatic ring is 1. The molecular formula is C25H37N7O. The lowest BCUT2D eigenvalue weighted by Crippen LogP contribution is -2.33. The van der Waals surface area contributed by atoms with E-state index >= 15 is 0 Å². The van der Waals surface area contributed by atoms with Crippen LogP contribution in [0.1, 0.15) is 70.0 Å². The van der Waals surface area contributed by atoms with Crippen LogP contribution in [0.5, 0.6) is 0 Å². The van der Waals surface area contributed by atoms with Gasteiger partial charge < -0.3 is 26.0 Å². The summed E-state index contributed by atoms with van der Waals surface area (Å²) in [7, 11) is 0. The van der Waals surface area contributed by atoms with Crippen molar-refractivity contribution < 1.29 is 5.11 Å². The van der Waals surface area contributed by atoms with E-state index in [1.165, 1.54) is 19.3 Å². The predicted octanol–water partition coefficient (Wildman–Crippen LogP) is 4.65. The van der Waals surface area contributed by atoms with Crippen LogP contribution in [0.4, 0.5) is 17.5 Å². The summed E-state index contributed by atoms with van der Waals surface area (Å²) < 4.78 is 2.21. The molecule has 4 rings (SSSR count). The van der Waals surface area contributed by atoms with Crippen molar-refractivity contribution in [3.63, 3.8) is 0 Å². The van der Waals surface area contributed by atoms with Gasteiger partial charge in [-0.15, -0.1) is 0 Å². The number of aromatic nitrogens is 4. The maximum Gasteiger partial charge on any atom is 0.226 e. The molecule has 8 nitrogen and oxygen atoms in total. The van der Waals surface area contributed by atoms with Crippen LogP contribution in [0.25, 0.3) is 11.2 Å². The molecule has 1 aliphatic carbocycles. The second kappa shape index (κ2) is 9.55. The number of nitrogens with zero attached hydrogens (tertiary/aromatic N) is 4. The van der Waals surface area contributed by atoms with Gasteiger partial charge in [0, 0.05) is 30.7 Å². The number of imidazole rings is 1. The molecule has 8 heteroatoms. The quantitative estimate of drug-likeness (QED) is 0.369. The van der Waals surface area contributed by atoms with Gasteiger partial charge in [0.2, 0.25) is 5.95 Å². The molecule has 1 saturated carbocycles. The van der Waals surface area contributed by atoms with Gasteiger partial charge in [0.15, 0.2) is 17.0 Å². The second-order valence-electron chi connectivity index (χ2n) is 10.0. The van der Waals surface area contributed by atoms with Gasteiger partial charge in [0.05, 0.1) is 11.9 Å². The summed E-state index contributed by atoms with van der Waals surface area (Å²) in [5, 5.41) is 17.1. The van der Waals surface area contributed by atoms with E-state index in [9.17, 15) is 5.11 Å². The van der Waals surface area contributed by atoms with E-state index in [2.05, 4.69) is 21.3 Å². The Balaban J connectivity index is 1.65. The van der Waals surface area contributed by atoms with Crippen LogP contribution >= 0.6 is 0 Å². The van der Waals surface area contributed by atoms with Crippen LogP contribution < -0.4 is 16.4 Å². The highest BCUT2D eigenvalue weighted by atomic mass is 16.3. The van der Waals surface area contributed by atoms with E-state index in [0.717, 1.165) is 40.8 Å². The summed E-state index contributed by atoms with van der Waals surface area (Å²) in [4.78, 5) is 14.3. The molecule has 0 aliphatic heterocycles. The molecule has 178 valence electrons. The van der Waals surface area contributed by atoms with Gasteiger partial charge in [-0.2, -0.15) is 9.97 Å². The first-order chi connectivity index (χ1) is 15.7. The van der Waals surface area contributed by atoms with E-state index < -0.39 is 5.60 Å². The standard InChI is InChI=1S/C25H37N7O/c1-16-10-11-18(20(26)12-16)14-27-22-21-23(32(15-29-21)19-8-6-5-7-9-19)31-24(30-22)28-13-17(2)25(3,4)33/h10-12,15,17,19,33H,5-9,13-14,26H2,1-4H3,(H2,27,28,30,31). The van der Waals surface area contributed by atoms with Gasteiger partial charge in [-0.3, -0.25) is 0 Å². The maximum atomic E-state index is 10.3. The summed E-state index contributed by atoms with van der Waals surface area (Å²) >= 11 is 0. The first-order valence-electron chi connectivity index (χ1n) is 12.0. The Labute approximate surface area is 196 Å². The van der Waals surface area contributed by atoms with E-state index in [4.69, 9.17) is 20.7 Å². The molecule has 1 aromatic carbocycles. The molecule has 2 aromatic heterocycles. The molecule has 5 N–H and O–H groups in total. The molecule has 1 aliphatic rings. The predicted molar refractivity (Wildman–Crippen MR) is 134 cm³/mol. The molecule has 1 fully saturated rings. The monoisotopic (exact) mass is 451 g/mol. The second-order valence-corrected chi connectivity index (χ2v) is 10.0.